The van der Waals surface area contributed by atoms with E-state index in [1.54, 1.807) is 0 Å². The lowest BCUT2D eigenvalue weighted by Gasteiger charge is -2.09. The van der Waals surface area contributed by atoms with Crippen LogP contribution in [-0.2, 0) is 19.0 Å². The van der Waals surface area contributed by atoms with Crippen LogP contribution in [0, 0.1) is 0 Å². The number of hydrogen-bond acceptors (Lipinski definition) is 4. The second-order valence-corrected chi connectivity index (χ2v) is 4.39. The van der Waals surface area contributed by atoms with Gasteiger partial charge in [0.15, 0.2) is 0 Å². The van der Waals surface area contributed by atoms with E-state index < -0.39 is 21.7 Å². The van der Waals surface area contributed by atoms with Crippen LogP contribution in [0.15, 0.2) is 0 Å². The average molecular weight is 266 g/mol. The van der Waals surface area contributed by atoms with E-state index in [2.05, 4.69) is 4.18 Å². The lowest BCUT2D eigenvalue weighted by molar-refractivity contribution is -0.0563. The van der Waals surface area contributed by atoms with Crippen molar-refractivity contribution in [1.82, 2.24) is 0 Å². The molecule has 0 rings (SSSR count). The zero-order valence-electron chi connectivity index (χ0n) is 9.67. The van der Waals surface area contributed by atoms with Gasteiger partial charge in [-0.3, -0.25) is 4.18 Å². The summed E-state index contributed by atoms with van der Waals surface area (Å²) < 4.78 is 63.2. The Hall–Kier alpha value is -0.340. The molecule has 4 nitrogen and oxygen atoms in total. The van der Waals surface area contributed by atoms with E-state index in [0.717, 1.165) is 13.2 Å². The Morgan fingerprint density at radius 1 is 1.12 bits per heavy atom. The van der Waals surface area contributed by atoms with E-state index in [9.17, 15) is 21.6 Å². The third kappa shape index (κ3) is 8.93. The van der Waals surface area contributed by atoms with Crippen LogP contribution in [-0.4, -0.2) is 33.2 Å². The summed E-state index contributed by atoms with van der Waals surface area (Å²) in [6, 6.07) is 0. The number of alkyl halides is 3. The van der Waals surface area contributed by atoms with Crippen molar-refractivity contribution in [3.05, 3.63) is 0 Å². The van der Waals surface area contributed by atoms with Crippen LogP contribution in [0.1, 0.15) is 27.7 Å². The van der Waals surface area contributed by atoms with E-state index in [-0.39, 0.29) is 0 Å². The molecule has 16 heavy (non-hydrogen) atoms. The van der Waals surface area contributed by atoms with E-state index >= 15 is 0 Å². The topological polar surface area (TPSA) is 52.6 Å². The number of rotatable bonds is 4. The van der Waals surface area contributed by atoms with Crippen LogP contribution in [0.25, 0.3) is 0 Å². The summed E-state index contributed by atoms with van der Waals surface area (Å²) in [5.41, 5.74) is -5.32. The zero-order valence-corrected chi connectivity index (χ0v) is 10.5. The van der Waals surface area contributed by atoms with Crippen molar-refractivity contribution in [2.75, 3.05) is 13.2 Å². The Morgan fingerprint density at radius 3 is 1.56 bits per heavy atom. The molecule has 0 bridgehead atoms. The van der Waals surface area contributed by atoms with Gasteiger partial charge >= 0.3 is 15.6 Å². The van der Waals surface area contributed by atoms with Gasteiger partial charge in [0.25, 0.3) is 0 Å². The Morgan fingerprint density at radius 2 is 1.50 bits per heavy atom. The van der Waals surface area contributed by atoms with E-state index in [1.165, 1.54) is 13.8 Å². The molecular formula is C8H17F3O4S. The van der Waals surface area contributed by atoms with Gasteiger partial charge in [0.2, 0.25) is 0 Å². The summed E-state index contributed by atoms with van der Waals surface area (Å²) in [6.45, 7) is 8.06. The molecule has 0 amide bonds. The lowest BCUT2D eigenvalue weighted by Crippen LogP contribution is -2.27. The smallest absolute Gasteiger partial charge is 0.382 e. The van der Waals surface area contributed by atoms with Crippen molar-refractivity contribution in [2.24, 2.45) is 0 Å². The van der Waals surface area contributed by atoms with Gasteiger partial charge < -0.3 is 4.74 Å². The summed E-state index contributed by atoms with van der Waals surface area (Å²) in [6.07, 6.45) is -0.998. The molecule has 0 aromatic heterocycles. The van der Waals surface area contributed by atoms with Crippen molar-refractivity contribution in [3.63, 3.8) is 0 Å². The van der Waals surface area contributed by atoms with Gasteiger partial charge in [0.1, 0.15) is 0 Å². The molecule has 0 fully saturated rings. The Bertz CT molecular complexity index is 257. The molecule has 0 aliphatic heterocycles. The SMILES string of the molecule is CC(C)OS(=O)(=O)C(F)(F)F.CCOCC. The van der Waals surface area contributed by atoms with Crippen LogP contribution < -0.4 is 0 Å². The minimum absolute atomic E-state index is 0.844. The molecule has 0 heterocycles. The third-order valence-electron chi connectivity index (χ3n) is 1.01. The van der Waals surface area contributed by atoms with Gasteiger partial charge in [0, 0.05) is 13.2 Å². The van der Waals surface area contributed by atoms with Crippen molar-refractivity contribution >= 4 is 10.1 Å². The second kappa shape index (κ2) is 7.86. The minimum atomic E-state index is -5.40. The number of ether oxygens (including phenoxy) is 1. The highest BCUT2D eigenvalue weighted by molar-refractivity contribution is 7.87. The van der Waals surface area contributed by atoms with Gasteiger partial charge in [-0.15, -0.1) is 0 Å². The van der Waals surface area contributed by atoms with Crippen LogP contribution in [0.5, 0.6) is 0 Å². The summed E-state index contributed by atoms with van der Waals surface area (Å²) in [5.74, 6) is 0. The highest BCUT2D eigenvalue weighted by Crippen LogP contribution is 2.25. The van der Waals surface area contributed by atoms with E-state index in [0.29, 0.717) is 0 Å². The average Bonchev–Trinajstić information content (AvgIpc) is 2.01. The summed E-state index contributed by atoms with van der Waals surface area (Å²) in [7, 11) is -5.40. The standard InChI is InChI=1S/C4H7F3O3S.C4H10O/c1-3(2)10-11(8,9)4(5,6)7;1-3-5-4-2/h3H,1-2H3;3-4H2,1-2H3. The van der Waals surface area contributed by atoms with Gasteiger partial charge in [-0.25, -0.2) is 0 Å². The molecule has 0 atom stereocenters. The predicted octanol–water partition coefficient (Wildman–Crippen LogP) is 2.30. The number of hydrogen-bond donors (Lipinski definition) is 0. The molecule has 0 spiro atoms. The molecule has 100 valence electrons. The molecule has 0 radical (unpaired) electrons. The monoisotopic (exact) mass is 266 g/mol. The molecule has 0 aliphatic carbocycles. The van der Waals surface area contributed by atoms with Crippen LogP contribution in [0.4, 0.5) is 13.2 Å². The molecule has 0 unspecified atom stereocenters. The van der Waals surface area contributed by atoms with Crippen LogP contribution in [0.2, 0.25) is 0 Å². The summed E-state index contributed by atoms with van der Waals surface area (Å²) >= 11 is 0. The highest BCUT2D eigenvalue weighted by atomic mass is 32.2. The van der Waals surface area contributed by atoms with Crippen LogP contribution in [0.3, 0.4) is 0 Å². The third-order valence-corrected chi connectivity index (χ3v) is 2.22. The maximum Gasteiger partial charge on any atom is 0.523 e. The maximum absolute atomic E-state index is 11.5. The predicted molar refractivity (Wildman–Crippen MR) is 53.4 cm³/mol. The van der Waals surface area contributed by atoms with Gasteiger partial charge in [0.05, 0.1) is 6.10 Å². The van der Waals surface area contributed by atoms with Crippen molar-refractivity contribution in [2.45, 2.75) is 39.3 Å². The molecule has 0 aromatic rings. The lowest BCUT2D eigenvalue weighted by atomic mass is 10.5. The molecule has 8 heteroatoms. The van der Waals surface area contributed by atoms with E-state index in [4.69, 9.17) is 4.74 Å². The minimum Gasteiger partial charge on any atom is -0.382 e. The fraction of sp³-hybridized carbons (Fsp3) is 1.00. The highest BCUT2D eigenvalue weighted by Gasteiger charge is 2.47. The quantitative estimate of drug-likeness (QED) is 0.578. The largest absolute Gasteiger partial charge is 0.523 e. The number of halogens is 3. The van der Waals surface area contributed by atoms with Gasteiger partial charge in [-0.05, 0) is 27.7 Å². The van der Waals surface area contributed by atoms with E-state index in [1.807, 2.05) is 13.8 Å². The Balaban J connectivity index is 0. The summed E-state index contributed by atoms with van der Waals surface area (Å²) in [4.78, 5) is 0. The first-order chi connectivity index (χ1) is 7.08. The first-order valence-corrected chi connectivity index (χ1v) is 6.06. The van der Waals surface area contributed by atoms with Crippen LogP contribution >= 0.6 is 0 Å². The summed E-state index contributed by atoms with van der Waals surface area (Å²) in [5, 5.41) is 0. The second-order valence-electron chi connectivity index (χ2n) is 2.83. The Labute approximate surface area is 93.9 Å². The van der Waals surface area contributed by atoms with Gasteiger partial charge in [-0.1, -0.05) is 0 Å². The molecule has 0 saturated heterocycles. The molecule has 0 aliphatic rings. The fourth-order valence-corrected chi connectivity index (χ4v) is 1.13. The maximum atomic E-state index is 11.5. The van der Waals surface area contributed by atoms with Crippen molar-refractivity contribution in [3.8, 4) is 0 Å². The van der Waals surface area contributed by atoms with Crippen molar-refractivity contribution in [1.29, 1.82) is 0 Å². The molecule has 0 aromatic carbocycles. The fourth-order valence-electron chi connectivity index (χ4n) is 0.512. The normalized spacial score (nSPS) is 12.2. The van der Waals surface area contributed by atoms with Crippen molar-refractivity contribution < 1.29 is 30.5 Å². The first kappa shape index (κ1) is 18.0. The zero-order chi connectivity index (χ0) is 13.4. The first-order valence-electron chi connectivity index (χ1n) is 4.65. The molecule has 0 N–H and O–H groups in total. The molecule has 0 saturated carbocycles. The molecular weight excluding hydrogens is 249 g/mol. The van der Waals surface area contributed by atoms with Gasteiger partial charge in [-0.2, -0.15) is 21.6 Å². The Kier molecular flexibility index (Phi) is 8.86.